The van der Waals surface area contributed by atoms with Crippen molar-refractivity contribution in [2.75, 3.05) is 0 Å². The molecule has 0 saturated carbocycles. The van der Waals surface area contributed by atoms with Crippen LogP contribution in [0, 0.1) is 0 Å². The zero-order valence-electron chi connectivity index (χ0n) is 28.8. The van der Waals surface area contributed by atoms with Gasteiger partial charge in [0.1, 0.15) is 5.52 Å². The minimum absolute atomic E-state index is 0.622. The van der Waals surface area contributed by atoms with Crippen LogP contribution in [0.5, 0.6) is 0 Å². The van der Waals surface area contributed by atoms with Crippen LogP contribution in [0.3, 0.4) is 0 Å². The quantitative estimate of drug-likeness (QED) is 0.178. The Morgan fingerprint density at radius 1 is 0.407 bits per heavy atom. The standard InChI is InChI=1S/C48H28N4OS/c1-3-11-30(12-4-1)45-50-46(52-47(51-45)39-19-10-18-38-37-16-7-8-20-41(37)54-44(38)39)35-24-22-32-27-34(23-21-33(32)28-35)36-17-9-15-29-25-26-40-43(42(29)36)53-48(49-40)31-13-5-2-6-14-31/h1-28H. The fraction of sp³-hybridized carbons (Fsp3) is 0. The highest BCUT2D eigenvalue weighted by Crippen LogP contribution is 2.41. The van der Waals surface area contributed by atoms with E-state index in [1.165, 1.54) is 20.2 Å². The summed E-state index contributed by atoms with van der Waals surface area (Å²) in [6.07, 6.45) is 0. The maximum atomic E-state index is 6.47. The third-order valence-corrected chi connectivity index (χ3v) is 11.4. The van der Waals surface area contributed by atoms with E-state index in [-0.39, 0.29) is 0 Å². The van der Waals surface area contributed by atoms with E-state index < -0.39 is 0 Å². The summed E-state index contributed by atoms with van der Waals surface area (Å²) in [5, 5.41) is 6.84. The topological polar surface area (TPSA) is 64.7 Å². The number of fused-ring (bicyclic) bond motifs is 7. The van der Waals surface area contributed by atoms with Crippen molar-refractivity contribution in [3.05, 3.63) is 170 Å². The summed E-state index contributed by atoms with van der Waals surface area (Å²) in [7, 11) is 0. The normalized spacial score (nSPS) is 11.7. The van der Waals surface area contributed by atoms with Gasteiger partial charge in [-0.2, -0.15) is 0 Å². The van der Waals surface area contributed by atoms with E-state index in [0.29, 0.717) is 23.4 Å². The van der Waals surface area contributed by atoms with Crippen LogP contribution in [0.2, 0.25) is 0 Å². The van der Waals surface area contributed by atoms with E-state index in [0.717, 1.165) is 66.0 Å². The first kappa shape index (κ1) is 30.6. The molecule has 54 heavy (non-hydrogen) atoms. The highest BCUT2D eigenvalue weighted by atomic mass is 32.1. The minimum Gasteiger partial charge on any atom is -0.435 e. The summed E-state index contributed by atoms with van der Waals surface area (Å²) in [6, 6.07) is 58.8. The first-order chi connectivity index (χ1) is 26.7. The Labute approximate surface area is 313 Å². The number of oxazole rings is 1. The fourth-order valence-corrected chi connectivity index (χ4v) is 8.73. The Morgan fingerprint density at radius 2 is 1.04 bits per heavy atom. The van der Waals surface area contributed by atoms with Crippen molar-refractivity contribution in [3.63, 3.8) is 0 Å². The lowest BCUT2D eigenvalue weighted by Crippen LogP contribution is -2.00. The average molecular weight is 709 g/mol. The minimum atomic E-state index is 0.622. The molecule has 0 radical (unpaired) electrons. The van der Waals surface area contributed by atoms with Gasteiger partial charge in [0, 0.05) is 47.8 Å². The highest BCUT2D eigenvalue weighted by molar-refractivity contribution is 7.26. The molecule has 3 aromatic heterocycles. The lowest BCUT2D eigenvalue weighted by atomic mass is 9.95. The number of hydrogen-bond donors (Lipinski definition) is 0. The molecule has 5 nitrogen and oxygen atoms in total. The average Bonchev–Trinajstić information content (AvgIpc) is 3.86. The molecular formula is C48H28N4OS. The zero-order valence-corrected chi connectivity index (χ0v) is 29.6. The molecule has 3 heterocycles. The molecule has 0 aliphatic carbocycles. The first-order valence-corrected chi connectivity index (χ1v) is 18.7. The maximum Gasteiger partial charge on any atom is 0.227 e. The van der Waals surface area contributed by atoms with Crippen LogP contribution in [-0.4, -0.2) is 19.9 Å². The van der Waals surface area contributed by atoms with Gasteiger partial charge in [0.05, 0.1) is 0 Å². The van der Waals surface area contributed by atoms with Crippen molar-refractivity contribution in [3.8, 4) is 56.7 Å². The van der Waals surface area contributed by atoms with Crippen molar-refractivity contribution in [2.24, 2.45) is 0 Å². The second kappa shape index (κ2) is 12.3. The Bertz CT molecular complexity index is 3220. The number of benzene rings is 8. The van der Waals surface area contributed by atoms with Gasteiger partial charge in [-0.05, 0) is 69.8 Å². The van der Waals surface area contributed by atoms with Gasteiger partial charge in [0.2, 0.25) is 5.89 Å². The molecule has 0 N–H and O–H groups in total. The predicted octanol–water partition coefficient (Wildman–Crippen LogP) is 13.0. The van der Waals surface area contributed by atoms with Crippen LogP contribution in [0.4, 0.5) is 0 Å². The van der Waals surface area contributed by atoms with Gasteiger partial charge in [-0.3, -0.25) is 0 Å². The Hall–Kier alpha value is -7.02. The van der Waals surface area contributed by atoms with E-state index in [2.05, 4.69) is 103 Å². The third kappa shape index (κ3) is 5.07. The van der Waals surface area contributed by atoms with Crippen molar-refractivity contribution in [2.45, 2.75) is 0 Å². The molecule has 0 atom stereocenters. The molecule has 0 aliphatic rings. The number of aromatic nitrogens is 4. The molecule has 0 unspecified atom stereocenters. The SMILES string of the molecule is c1ccc(-c2nc(-c3ccc4cc(-c5cccc6ccc7nc(-c8ccccc8)oc7c56)ccc4c3)nc(-c3cccc4c3sc3ccccc34)n2)cc1. The molecule has 11 rings (SSSR count). The van der Waals surface area contributed by atoms with Gasteiger partial charge in [0.15, 0.2) is 23.1 Å². The second-order valence-corrected chi connectivity index (χ2v) is 14.5. The molecule has 252 valence electrons. The molecule has 11 aromatic rings. The van der Waals surface area contributed by atoms with Crippen molar-refractivity contribution in [1.29, 1.82) is 0 Å². The summed E-state index contributed by atoms with van der Waals surface area (Å²) < 4.78 is 8.90. The predicted molar refractivity (Wildman–Crippen MR) is 222 cm³/mol. The molecule has 0 spiro atoms. The summed E-state index contributed by atoms with van der Waals surface area (Å²) in [4.78, 5) is 20.1. The van der Waals surface area contributed by atoms with Gasteiger partial charge in [-0.1, -0.05) is 127 Å². The molecule has 0 bridgehead atoms. The maximum absolute atomic E-state index is 6.47. The number of thiophene rings is 1. The number of hydrogen-bond acceptors (Lipinski definition) is 6. The fourth-order valence-electron chi connectivity index (χ4n) is 7.52. The van der Waals surface area contributed by atoms with Gasteiger partial charge in [0.25, 0.3) is 0 Å². The summed E-state index contributed by atoms with van der Waals surface area (Å²) in [6.45, 7) is 0. The van der Waals surface area contributed by atoms with Gasteiger partial charge >= 0.3 is 0 Å². The van der Waals surface area contributed by atoms with E-state index in [4.69, 9.17) is 24.4 Å². The van der Waals surface area contributed by atoms with Crippen LogP contribution in [0.15, 0.2) is 174 Å². The molecule has 0 aliphatic heterocycles. The van der Waals surface area contributed by atoms with Crippen LogP contribution >= 0.6 is 11.3 Å². The molecule has 0 amide bonds. The summed E-state index contributed by atoms with van der Waals surface area (Å²) in [5.74, 6) is 2.57. The van der Waals surface area contributed by atoms with Crippen molar-refractivity contribution in [1.82, 2.24) is 19.9 Å². The number of nitrogens with zero attached hydrogens (tertiary/aromatic N) is 4. The summed E-state index contributed by atoms with van der Waals surface area (Å²) >= 11 is 1.78. The zero-order chi connectivity index (χ0) is 35.6. The number of rotatable bonds is 5. The van der Waals surface area contributed by atoms with Crippen LogP contribution in [-0.2, 0) is 0 Å². The third-order valence-electron chi connectivity index (χ3n) is 10.1. The second-order valence-electron chi connectivity index (χ2n) is 13.4. The smallest absolute Gasteiger partial charge is 0.227 e. The van der Waals surface area contributed by atoms with E-state index in [9.17, 15) is 0 Å². The molecule has 6 heteroatoms. The summed E-state index contributed by atoms with van der Waals surface area (Å²) in [5.41, 5.74) is 7.69. The van der Waals surface area contributed by atoms with Crippen molar-refractivity contribution < 1.29 is 4.42 Å². The van der Waals surface area contributed by atoms with Crippen molar-refractivity contribution >= 4 is 64.2 Å². The van der Waals surface area contributed by atoms with Gasteiger partial charge < -0.3 is 4.42 Å². The Kier molecular flexibility index (Phi) is 6.97. The van der Waals surface area contributed by atoms with Gasteiger partial charge in [-0.15, -0.1) is 11.3 Å². The van der Waals surface area contributed by atoms with Gasteiger partial charge in [-0.25, -0.2) is 19.9 Å². The Morgan fingerprint density at radius 3 is 1.87 bits per heavy atom. The lowest BCUT2D eigenvalue weighted by Gasteiger charge is -2.11. The highest BCUT2D eigenvalue weighted by Gasteiger charge is 2.18. The molecule has 0 saturated heterocycles. The van der Waals surface area contributed by atoms with Crippen LogP contribution in [0.25, 0.3) is 110 Å². The molecular weight excluding hydrogens is 681 g/mol. The van der Waals surface area contributed by atoms with Crippen LogP contribution < -0.4 is 0 Å². The Balaban J connectivity index is 1.03. The first-order valence-electron chi connectivity index (χ1n) is 17.9. The lowest BCUT2D eigenvalue weighted by molar-refractivity contribution is 0.623. The van der Waals surface area contributed by atoms with Crippen LogP contribution in [0.1, 0.15) is 0 Å². The van der Waals surface area contributed by atoms with E-state index in [1.807, 2.05) is 66.7 Å². The molecule has 0 fully saturated rings. The monoisotopic (exact) mass is 708 g/mol. The molecule has 8 aromatic carbocycles. The van der Waals surface area contributed by atoms with E-state index >= 15 is 0 Å². The van der Waals surface area contributed by atoms with E-state index in [1.54, 1.807) is 11.3 Å². The largest absolute Gasteiger partial charge is 0.435 e.